The predicted molar refractivity (Wildman–Crippen MR) is 137 cm³/mol. The fraction of sp³-hybridized carbons (Fsp3) is 0.600. The molecule has 14 heteroatoms. The molecular formula is C25H37NO12S. The van der Waals surface area contributed by atoms with Gasteiger partial charge in [-0.2, -0.15) is 13.2 Å². The third-order valence-electron chi connectivity index (χ3n) is 5.47. The molecule has 0 saturated heterocycles. The maximum absolute atomic E-state index is 12.9. The van der Waals surface area contributed by atoms with Crippen LogP contribution in [0.5, 0.6) is 5.75 Å². The lowest BCUT2D eigenvalue weighted by molar-refractivity contribution is -0.265. The van der Waals surface area contributed by atoms with Crippen molar-refractivity contribution in [3.8, 4) is 5.75 Å². The molecule has 0 bridgehead atoms. The van der Waals surface area contributed by atoms with E-state index >= 15 is 0 Å². The van der Waals surface area contributed by atoms with E-state index in [4.69, 9.17) is 13.7 Å². The van der Waals surface area contributed by atoms with Gasteiger partial charge in [0.15, 0.2) is 5.60 Å². The number of esters is 1. The summed E-state index contributed by atoms with van der Waals surface area (Å²) in [5.74, 6) is -3.34. The molecule has 1 aromatic carbocycles. The Morgan fingerprint density at radius 1 is 1.08 bits per heavy atom. The molecule has 1 rings (SSSR count). The molecule has 0 spiro atoms. The second kappa shape index (κ2) is 14.8. The van der Waals surface area contributed by atoms with Crippen molar-refractivity contribution < 1.29 is 56.1 Å². The van der Waals surface area contributed by atoms with E-state index in [2.05, 4.69) is 15.1 Å². The normalized spacial score (nSPS) is 13.2. The van der Waals surface area contributed by atoms with Crippen molar-refractivity contribution in [1.82, 2.24) is 5.32 Å². The van der Waals surface area contributed by atoms with E-state index in [1.165, 1.54) is 45.0 Å². The van der Waals surface area contributed by atoms with Crippen molar-refractivity contribution >= 4 is 34.1 Å². The van der Waals surface area contributed by atoms with Crippen LogP contribution in [0, 0.1) is 11.3 Å². The highest BCUT2D eigenvalue weighted by Gasteiger charge is 2.53. The van der Waals surface area contributed by atoms with Crippen molar-refractivity contribution in [3.05, 3.63) is 29.8 Å². The molecule has 1 aromatic rings. The van der Waals surface area contributed by atoms with E-state index in [0.717, 1.165) is 0 Å². The quantitative estimate of drug-likeness (QED) is 0.0827. The molecule has 0 aliphatic heterocycles. The number of carbonyl (C=O) groups excluding carboxylic acids is 4. The standard InChI is InChI=1S/C25H37NO12S/c1-7-34-21(28)19-11-8-9-12-20(19)36-23(30)38-37-22(29)25(31,15-17(2)3)24(5,6)16-35-39(32,33)14-10-13-26-18(4)27/h8-9,11-12,17,31H,7,10,13-16H2,1-6H3,(H,26,27)/t25-/m0/s1. The Bertz CT molecular complexity index is 1120. The van der Waals surface area contributed by atoms with Crippen LogP contribution in [0.1, 0.15) is 64.7 Å². The van der Waals surface area contributed by atoms with Crippen molar-refractivity contribution in [2.75, 3.05) is 25.5 Å². The van der Waals surface area contributed by atoms with Gasteiger partial charge < -0.3 is 19.9 Å². The summed E-state index contributed by atoms with van der Waals surface area (Å²) in [7, 11) is -4.06. The number of amides is 1. The van der Waals surface area contributed by atoms with E-state index in [9.17, 15) is 32.7 Å². The maximum Gasteiger partial charge on any atom is 0.555 e. The number of benzene rings is 1. The third-order valence-corrected chi connectivity index (χ3v) is 6.73. The van der Waals surface area contributed by atoms with Gasteiger partial charge in [0.05, 0.1) is 19.0 Å². The highest BCUT2D eigenvalue weighted by atomic mass is 32.2. The van der Waals surface area contributed by atoms with Crippen LogP contribution >= 0.6 is 0 Å². The molecule has 1 amide bonds. The summed E-state index contributed by atoms with van der Waals surface area (Å²) >= 11 is 0. The van der Waals surface area contributed by atoms with Gasteiger partial charge in [-0.15, -0.1) is 0 Å². The Labute approximate surface area is 228 Å². The molecule has 0 aromatic heterocycles. The Kier molecular flexibility index (Phi) is 12.8. The van der Waals surface area contributed by atoms with Gasteiger partial charge in [0.1, 0.15) is 11.3 Å². The molecule has 0 aliphatic carbocycles. The smallest absolute Gasteiger partial charge is 0.462 e. The van der Waals surface area contributed by atoms with E-state index in [1.807, 2.05) is 0 Å². The van der Waals surface area contributed by atoms with Crippen LogP contribution in [0.25, 0.3) is 0 Å². The largest absolute Gasteiger partial charge is 0.555 e. The molecule has 0 unspecified atom stereocenters. The number of hydrogen-bond acceptors (Lipinski definition) is 12. The zero-order valence-corrected chi connectivity index (χ0v) is 23.8. The second-order valence-electron chi connectivity index (χ2n) is 9.73. The van der Waals surface area contributed by atoms with Crippen LogP contribution in [0.15, 0.2) is 24.3 Å². The van der Waals surface area contributed by atoms with Gasteiger partial charge in [-0.1, -0.05) is 39.8 Å². The summed E-state index contributed by atoms with van der Waals surface area (Å²) < 4.78 is 39.5. The van der Waals surface area contributed by atoms with Gasteiger partial charge in [0.2, 0.25) is 5.91 Å². The zero-order chi connectivity index (χ0) is 29.9. The monoisotopic (exact) mass is 575 g/mol. The first kappa shape index (κ1) is 33.8. The van der Waals surface area contributed by atoms with E-state index in [0.29, 0.717) is 0 Å². The number of nitrogens with one attached hydrogen (secondary N) is 1. The summed E-state index contributed by atoms with van der Waals surface area (Å²) in [5.41, 5.74) is -3.96. The number of aliphatic hydroxyl groups is 1. The maximum atomic E-state index is 12.9. The first-order valence-corrected chi connectivity index (χ1v) is 13.8. The lowest BCUT2D eigenvalue weighted by Crippen LogP contribution is -2.55. The fourth-order valence-corrected chi connectivity index (χ4v) is 4.43. The Morgan fingerprint density at radius 3 is 2.31 bits per heavy atom. The van der Waals surface area contributed by atoms with Crippen molar-refractivity contribution in [2.24, 2.45) is 11.3 Å². The zero-order valence-electron chi connectivity index (χ0n) is 23.0. The van der Waals surface area contributed by atoms with E-state index < -0.39 is 51.6 Å². The molecule has 0 radical (unpaired) electrons. The van der Waals surface area contributed by atoms with E-state index in [-0.39, 0.29) is 49.1 Å². The predicted octanol–water partition coefficient (Wildman–Crippen LogP) is 2.51. The first-order valence-electron chi connectivity index (χ1n) is 12.3. The molecular weight excluding hydrogens is 538 g/mol. The van der Waals surface area contributed by atoms with Gasteiger partial charge in [-0.25, -0.2) is 19.4 Å². The van der Waals surface area contributed by atoms with Gasteiger partial charge in [0, 0.05) is 18.9 Å². The summed E-state index contributed by atoms with van der Waals surface area (Å²) in [5, 5.41) is 13.8. The van der Waals surface area contributed by atoms with Gasteiger partial charge in [-0.3, -0.25) is 8.98 Å². The number of ether oxygens (including phenoxy) is 2. The molecule has 0 heterocycles. The lowest BCUT2D eigenvalue weighted by atomic mass is 9.71. The van der Waals surface area contributed by atoms with Crippen LogP contribution in [0.3, 0.4) is 0 Å². The van der Waals surface area contributed by atoms with Crippen LogP contribution in [0.4, 0.5) is 4.79 Å². The fourth-order valence-electron chi connectivity index (χ4n) is 3.34. The van der Waals surface area contributed by atoms with Crippen LogP contribution in [-0.4, -0.2) is 68.6 Å². The van der Waals surface area contributed by atoms with Gasteiger partial charge in [-0.05, 0) is 37.8 Å². The number of para-hydroxylation sites is 1. The Morgan fingerprint density at radius 2 is 1.72 bits per heavy atom. The summed E-state index contributed by atoms with van der Waals surface area (Å²) in [6, 6.07) is 5.64. The first-order chi connectivity index (χ1) is 18.0. The van der Waals surface area contributed by atoms with Crippen LogP contribution in [0.2, 0.25) is 0 Å². The SMILES string of the molecule is CCOC(=O)c1ccccc1OC(=O)OOC(=O)[C@@](O)(CC(C)C)C(C)(C)COS(=O)(=O)CCCNC(C)=O. The molecule has 0 fully saturated rings. The highest BCUT2D eigenvalue weighted by Crippen LogP contribution is 2.38. The molecule has 220 valence electrons. The van der Waals surface area contributed by atoms with Crippen molar-refractivity contribution in [3.63, 3.8) is 0 Å². The topological polar surface area (TPSA) is 181 Å². The average molecular weight is 576 g/mol. The molecule has 0 saturated carbocycles. The lowest BCUT2D eigenvalue weighted by Gasteiger charge is -2.40. The Hall–Kier alpha value is -3.23. The van der Waals surface area contributed by atoms with Gasteiger partial charge in [0.25, 0.3) is 10.1 Å². The third kappa shape index (κ3) is 10.8. The number of rotatable bonds is 14. The van der Waals surface area contributed by atoms with E-state index in [1.54, 1.807) is 20.8 Å². The molecule has 0 aliphatic rings. The average Bonchev–Trinajstić information content (AvgIpc) is 2.84. The van der Waals surface area contributed by atoms with Crippen LogP contribution in [-0.2, 0) is 38.4 Å². The second-order valence-corrected chi connectivity index (χ2v) is 11.5. The number of carbonyl (C=O) groups is 4. The van der Waals surface area contributed by atoms with Crippen molar-refractivity contribution in [2.45, 2.75) is 60.0 Å². The molecule has 13 nitrogen and oxygen atoms in total. The van der Waals surface area contributed by atoms with Crippen molar-refractivity contribution in [1.29, 1.82) is 0 Å². The highest BCUT2D eigenvalue weighted by molar-refractivity contribution is 7.86. The number of hydrogen-bond donors (Lipinski definition) is 2. The molecule has 2 N–H and O–H groups in total. The minimum Gasteiger partial charge on any atom is -0.462 e. The summed E-state index contributed by atoms with van der Waals surface area (Å²) in [6.45, 7) is 8.69. The molecule has 39 heavy (non-hydrogen) atoms. The summed E-state index contributed by atoms with van der Waals surface area (Å²) in [4.78, 5) is 57.1. The molecule has 1 atom stereocenters. The van der Waals surface area contributed by atoms with Crippen LogP contribution < -0.4 is 10.1 Å². The minimum atomic E-state index is -4.06. The van der Waals surface area contributed by atoms with Gasteiger partial charge >= 0.3 is 18.1 Å². The minimum absolute atomic E-state index is 0.0736. The Balaban J connectivity index is 2.91. The summed E-state index contributed by atoms with van der Waals surface area (Å²) in [6.07, 6.45) is -1.62.